The Labute approximate surface area is 95.1 Å². The van der Waals surface area contributed by atoms with E-state index in [2.05, 4.69) is 10.2 Å². The molecule has 15 heavy (non-hydrogen) atoms. The highest BCUT2D eigenvalue weighted by Crippen LogP contribution is 2.18. The Morgan fingerprint density at radius 1 is 1.20 bits per heavy atom. The molecular weight excluding hydrogens is 210 g/mol. The van der Waals surface area contributed by atoms with Crippen molar-refractivity contribution in [1.29, 1.82) is 0 Å². The van der Waals surface area contributed by atoms with Gasteiger partial charge in [0.25, 0.3) is 0 Å². The van der Waals surface area contributed by atoms with Gasteiger partial charge in [-0.05, 0) is 24.1 Å². The van der Waals surface area contributed by atoms with Crippen LogP contribution >= 0.6 is 12.4 Å². The number of hydrogen-bond donors (Lipinski definition) is 2. The van der Waals surface area contributed by atoms with Gasteiger partial charge in [0.2, 0.25) is 0 Å². The van der Waals surface area contributed by atoms with Gasteiger partial charge in [0.15, 0.2) is 0 Å². The lowest BCUT2D eigenvalue weighted by Gasteiger charge is -2.05. The van der Waals surface area contributed by atoms with Crippen LogP contribution in [0.3, 0.4) is 0 Å². The van der Waals surface area contributed by atoms with E-state index in [1.54, 1.807) is 6.20 Å². The third kappa shape index (κ3) is 2.58. The second-order valence-electron chi connectivity index (χ2n) is 3.38. The van der Waals surface area contributed by atoms with Crippen LogP contribution in [0.1, 0.15) is 18.5 Å². The molecule has 0 spiro atoms. The summed E-state index contributed by atoms with van der Waals surface area (Å²) in [5.74, 6) is 0. The van der Waals surface area contributed by atoms with Crippen LogP contribution in [0.25, 0.3) is 11.3 Å². The van der Waals surface area contributed by atoms with Gasteiger partial charge < -0.3 is 5.73 Å². The molecule has 4 heteroatoms. The van der Waals surface area contributed by atoms with Crippen molar-refractivity contribution in [3.63, 3.8) is 0 Å². The van der Waals surface area contributed by atoms with E-state index in [1.165, 1.54) is 0 Å². The molecule has 0 aliphatic rings. The molecule has 0 aliphatic carbocycles. The molecule has 1 heterocycles. The molecule has 3 N–H and O–H groups in total. The summed E-state index contributed by atoms with van der Waals surface area (Å²) in [6, 6.07) is 10.2. The molecule has 0 saturated heterocycles. The maximum Gasteiger partial charge on any atom is 0.0650 e. The van der Waals surface area contributed by atoms with E-state index >= 15 is 0 Å². The van der Waals surface area contributed by atoms with E-state index < -0.39 is 0 Å². The number of aromatic amines is 1. The highest BCUT2D eigenvalue weighted by Gasteiger charge is 2.01. The Hall–Kier alpha value is -1.32. The van der Waals surface area contributed by atoms with Crippen molar-refractivity contribution in [2.45, 2.75) is 13.0 Å². The standard InChI is InChI=1S/C11H13N3.ClH/c1-8(12)9-2-4-10(5-3-9)11-6-7-13-14-11;/h2-8H,12H2,1H3,(H,13,14);1H/t8-;/m0./s1. The summed E-state index contributed by atoms with van der Waals surface area (Å²) in [6.07, 6.45) is 1.74. The van der Waals surface area contributed by atoms with Gasteiger partial charge in [0.1, 0.15) is 0 Å². The van der Waals surface area contributed by atoms with Crippen LogP contribution in [-0.2, 0) is 0 Å². The molecule has 1 atom stereocenters. The Kier molecular flexibility index (Phi) is 3.88. The quantitative estimate of drug-likeness (QED) is 0.822. The van der Waals surface area contributed by atoms with Crippen LogP contribution in [0.4, 0.5) is 0 Å². The zero-order valence-corrected chi connectivity index (χ0v) is 9.29. The molecule has 80 valence electrons. The number of halogens is 1. The van der Waals surface area contributed by atoms with Gasteiger partial charge in [0, 0.05) is 12.2 Å². The Bertz CT molecular complexity index is 392. The summed E-state index contributed by atoms with van der Waals surface area (Å²) < 4.78 is 0. The zero-order valence-electron chi connectivity index (χ0n) is 8.47. The molecular formula is C11H14ClN3. The van der Waals surface area contributed by atoms with Gasteiger partial charge in [-0.2, -0.15) is 5.10 Å². The van der Waals surface area contributed by atoms with E-state index in [9.17, 15) is 0 Å². The number of nitrogens with two attached hydrogens (primary N) is 1. The fourth-order valence-corrected chi connectivity index (χ4v) is 1.38. The molecule has 1 aromatic heterocycles. The van der Waals surface area contributed by atoms with Gasteiger partial charge >= 0.3 is 0 Å². The number of hydrogen-bond acceptors (Lipinski definition) is 2. The number of benzene rings is 1. The van der Waals surface area contributed by atoms with Crippen molar-refractivity contribution in [3.05, 3.63) is 42.1 Å². The van der Waals surface area contributed by atoms with Crippen LogP contribution in [-0.4, -0.2) is 10.2 Å². The van der Waals surface area contributed by atoms with Crippen LogP contribution in [0.5, 0.6) is 0 Å². The van der Waals surface area contributed by atoms with Gasteiger partial charge in [-0.25, -0.2) is 0 Å². The predicted molar refractivity (Wildman–Crippen MR) is 63.9 cm³/mol. The third-order valence-electron chi connectivity index (χ3n) is 2.25. The SMILES string of the molecule is C[C@H](N)c1ccc(-c2ccn[nH]2)cc1.Cl. The molecule has 0 saturated carbocycles. The number of H-pyrrole nitrogens is 1. The fourth-order valence-electron chi connectivity index (χ4n) is 1.38. The summed E-state index contributed by atoms with van der Waals surface area (Å²) in [5, 5.41) is 6.83. The first-order chi connectivity index (χ1) is 6.77. The van der Waals surface area contributed by atoms with E-state index in [-0.39, 0.29) is 18.4 Å². The van der Waals surface area contributed by atoms with Crippen LogP contribution < -0.4 is 5.73 Å². The van der Waals surface area contributed by atoms with Crippen LogP contribution in [0.2, 0.25) is 0 Å². The summed E-state index contributed by atoms with van der Waals surface area (Å²) in [4.78, 5) is 0. The average Bonchev–Trinajstić information content (AvgIpc) is 2.71. The molecule has 1 aromatic carbocycles. The highest BCUT2D eigenvalue weighted by molar-refractivity contribution is 5.85. The smallest absolute Gasteiger partial charge is 0.0650 e. The maximum atomic E-state index is 5.76. The second kappa shape index (κ2) is 4.96. The highest BCUT2D eigenvalue weighted by atomic mass is 35.5. The molecule has 2 aromatic rings. The van der Waals surface area contributed by atoms with E-state index in [0.29, 0.717) is 0 Å². The maximum absolute atomic E-state index is 5.76. The predicted octanol–water partition coefficient (Wildman–Crippen LogP) is 2.52. The van der Waals surface area contributed by atoms with Gasteiger partial charge in [0.05, 0.1) is 5.69 Å². The molecule has 3 nitrogen and oxygen atoms in total. The van der Waals surface area contributed by atoms with Crippen molar-refractivity contribution < 1.29 is 0 Å². The number of nitrogens with zero attached hydrogens (tertiary/aromatic N) is 1. The van der Waals surface area contributed by atoms with Crippen molar-refractivity contribution in [1.82, 2.24) is 10.2 Å². The summed E-state index contributed by atoms with van der Waals surface area (Å²) in [7, 11) is 0. The minimum Gasteiger partial charge on any atom is -0.324 e. The van der Waals surface area contributed by atoms with E-state index in [4.69, 9.17) is 5.73 Å². The fraction of sp³-hybridized carbons (Fsp3) is 0.182. The minimum atomic E-state index is 0. The van der Waals surface area contributed by atoms with Crippen LogP contribution in [0.15, 0.2) is 36.5 Å². The first-order valence-electron chi connectivity index (χ1n) is 4.62. The third-order valence-corrected chi connectivity index (χ3v) is 2.25. The first-order valence-corrected chi connectivity index (χ1v) is 4.62. The van der Waals surface area contributed by atoms with Crippen molar-refractivity contribution >= 4 is 12.4 Å². The Morgan fingerprint density at radius 2 is 1.87 bits per heavy atom. The average molecular weight is 224 g/mol. The van der Waals surface area contributed by atoms with Crippen molar-refractivity contribution in [3.8, 4) is 11.3 Å². The van der Waals surface area contributed by atoms with Crippen molar-refractivity contribution in [2.24, 2.45) is 5.73 Å². The second-order valence-corrected chi connectivity index (χ2v) is 3.38. The molecule has 0 bridgehead atoms. The lowest BCUT2D eigenvalue weighted by atomic mass is 10.1. The minimum absolute atomic E-state index is 0. The molecule has 2 rings (SSSR count). The number of aromatic nitrogens is 2. The van der Waals surface area contributed by atoms with Crippen molar-refractivity contribution in [2.75, 3.05) is 0 Å². The number of rotatable bonds is 2. The molecule has 0 unspecified atom stereocenters. The molecule has 0 amide bonds. The van der Waals surface area contributed by atoms with Crippen LogP contribution in [0, 0.1) is 0 Å². The Morgan fingerprint density at radius 3 is 2.33 bits per heavy atom. The van der Waals surface area contributed by atoms with Gasteiger partial charge in [-0.3, -0.25) is 5.10 Å². The Balaban J connectivity index is 0.00000112. The largest absolute Gasteiger partial charge is 0.324 e. The molecule has 0 aliphatic heterocycles. The molecule has 0 fully saturated rings. The van der Waals surface area contributed by atoms with E-state index in [1.807, 2.05) is 37.3 Å². The lowest BCUT2D eigenvalue weighted by molar-refractivity contribution is 0.818. The van der Waals surface area contributed by atoms with E-state index in [0.717, 1.165) is 16.8 Å². The monoisotopic (exact) mass is 223 g/mol. The number of nitrogens with one attached hydrogen (secondary N) is 1. The summed E-state index contributed by atoms with van der Waals surface area (Å²) in [5.41, 5.74) is 9.07. The zero-order chi connectivity index (χ0) is 9.97. The topological polar surface area (TPSA) is 54.7 Å². The normalized spacial score (nSPS) is 11.9. The van der Waals surface area contributed by atoms with Gasteiger partial charge in [-0.15, -0.1) is 12.4 Å². The van der Waals surface area contributed by atoms with Gasteiger partial charge in [-0.1, -0.05) is 24.3 Å². The summed E-state index contributed by atoms with van der Waals surface area (Å²) >= 11 is 0. The first kappa shape index (κ1) is 11.8. The lowest BCUT2D eigenvalue weighted by Crippen LogP contribution is -2.04. The molecule has 0 radical (unpaired) electrons. The summed E-state index contributed by atoms with van der Waals surface area (Å²) in [6.45, 7) is 1.98.